The third-order valence-electron chi connectivity index (χ3n) is 5.29. The van der Waals surface area contributed by atoms with E-state index < -0.39 is 15.1 Å². The standard InChI is InChI=1S/C23H23NO2S/c25-27(26,21-14-8-3-9-15-21)23-18-24(16-19-10-4-1-5-11-19)17-22(23)20-12-6-2-7-13-20/h1-15,22-23H,16-18H2. The van der Waals surface area contributed by atoms with Crippen LogP contribution in [0.1, 0.15) is 17.0 Å². The predicted octanol–water partition coefficient (Wildman–Crippen LogP) is 4.13. The van der Waals surface area contributed by atoms with E-state index in [2.05, 4.69) is 17.0 Å². The van der Waals surface area contributed by atoms with Crippen molar-refractivity contribution in [1.82, 2.24) is 4.90 Å². The van der Waals surface area contributed by atoms with Crippen LogP contribution < -0.4 is 0 Å². The highest BCUT2D eigenvalue weighted by Crippen LogP contribution is 2.35. The van der Waals surface area contributed by atoms with Gasteiger partial charge >= 0.3 is 0 Å². The van der Waals surface area contributed by atoms with Crippen LogP contribution in [0, 0.1) is 0 Å². The van der Waals surface area contributed by atoms with Crippen molar-refractivity contribution in [3.63, 3.8) is 0 Å². The molecule has 0 amide bonds. The molecule has 1 heterocycles. The minimum Gasteiger partial charge on any atom is -0.297 e. The topological polar surface area (TPSA) is 37.4 Å². The summed E-state index contributed by atoms with van der Waals surface area (Å²) in [7, 11) is -3.40. The summed E-state index contributed by atoms with van der Waals surface area (Å²) in [6.45, 7) is 2.06. The number of benzene rings is 3. The second-order valence-corrected chi connectivity index (χ2v) is 9.26. The molecule has 0 N–H and O–H groups in total. The van der Waals surface area contributed by atoms with Crippen LogP contribution >= 0.6 is 0 Å². The first-order chi connectivity index (χ1) is 13.1. The molecule has 0 saturated carbocycles. The van der Waals surface area contributed by atoms with Crippen LogP contribution in [0.15, 0.2) is 95.9 Å². The molecule has 0 spiro atoms. The summed E-state index contributed by atoms with van der Waals surface area (Å²) in [5.41, 5.74) is 2.31. The maximum atomic E-state index is 13.4. The third-order valence-corrected chi connectivity index (χ3v) is 7.49. The normalized spacial score (nSPS) is 20.6. The van der Waals surface area contributed by atoms with E-state index in [0.29, 0.717) is 11.4 Å². The minimum absolute atomic E-state index is 0.0277. The Bertz CT molecular complexity index is 973. The molecule has 0 bridgehead atoms. The molecule has 3 aromatic carbocycles. The van der Waals surface area contributed by atoms with Gasteiger partial charge in [-0.05, 0) is 23.3 Å². The van der Waals surface area contributed by atoms with Crippen LogP contribution in [-0.4, -0.2) is 31.7 Å². The van der Waals surface area contributed by atoms with Gasteiger partial charge in [-0.3, -0.25) is 4.90 Å². The summed E-state index contributed by atoms with van der Waals surface area (Å²) in [6.07, 6.45) is 0. The fourth-order valence-corrected chi connectivity index (χ4v) is 5.91. The quantitative estimate of drug-likeness (QED) is 0.671. The number of hydrogen-bond donors (Lipinski definition) is 0. The second-order valence-electron chi connectivity index (χ2n) is 7.09. The summed E-state index contributed by atoms with van der Waals surface area (Å²) < 4.78 is 26.8. The van der Waals surface area contributed by atoms with Crippen LogP contribution in [-0.2, 0) is 16.4 Å². The summed E-state index contributed by atoms with van der Waals surface area (Å²) in [4.78, 5) is 2.68. The Hall–Kier alpha value is -2.43. The zero-order valence-corrected chi connectivity index (χ0v) is 15.9. The van der Waals surface area contributed by atoms with Crippen molar-refractivity contribution in [2.75, 3.05) is 13.1 Å². The van der Waals surface area contributed by atoms with Gasteiger partial charge in [0.15, 0.2) is 9.84 Å². The smallest absolute Gasteiger partial charge is 0.183 e. The van der Waals surface area contributed by atoms with E-state index in [-0.39, 0.29) is 5.92 Å². The lowest BCUT2D eigenvalue weighted by atomic mass is 9.98. The Morgan fingerprint density at radius 1 is 0.741 bits per heavy atom. The Kier molecular flexibility index (Phi) is 5.10. The fraction of sp³-hybridized carbons (Fsp3) is 0.217. The summed E-state index contributed by atoms with van der Waals surface area (Å²) >= 11 is 0. The summed E-state index contributed by atoms with van der Waals surface area (Å²) in [5.74, 6) is -0.0277. The molecule has 138 valence electrons. The molecule has 1 aliphatic heterocycles. The van der Waals surface area contributed by atoms with Crippen molar-refractivity contribution in [3.8, 4) is 0 Å². The number of rotatable bonds is 5. The third kappa shape index (κ3) is 3.82. The first-order valence-corrected chi connectivity index (χ1v) is 10.8. The van der Waals surface area contributed by atoms with Gasteiger partial charge in [-0.2, -0.15) is 0 Å². The van der Waals surface area contributed by atoms with E-state index in [0.717, 1.165) is 18.7 Å². The van der Waals surface area contributed by atoms with Crippen molar-refractivity contribution < 1.29 is 8.42 Å². The van der Waals surface area contributed by atoms with Gasteiger partial charge in [0, 0.05) is 25.6 Å². The zero-order valence-electron chi connectivity index (χ0n) is 15.1. The van der Waals surface area contributed by atoms with Gasteiger partial charge in [-0.25, -0.2) is 8.42 Å². The number of hydrogen-bond acceptors (Lipinski definition) is 3. The molecule has 3 aromatic rings. The van der Waals surface area contributed by atoms with Crippen molar-refractivity contribution in [3.05, 3.63) is 102 Å². The van der Waals surface area contributed by atoms with Gasteiger partial charge in [0.1, 0.15) is 0 Å². The largest absolute Gasteiger partial charge is 0.297 e. The molecule has 4 rings (SSSR count). The zero-order chi connectivity index (χ0) is 18.7. The van der Waals surface area contributed by atoms with Crippen molar-refractivity contribution >= 4 is 9.84 Å². The van der Waals surface area contributed by atoms with Crippen LogP contribution in [0.2, 0.25) is 0 Å². The van der Waals surface area contributed by atoms with Gasteiger partial charge in [0.2, 0.25) is 0 Å². The molecule has 27 heavy (non-hydrogen) atoms. The van der Waals surface area contributed by atoms with Crippen molar-refractivity contribution in [2.24, 2.45) is 0 Å². The fourth-order valence-electron chi connectivity index (χ4n) is 3.94. The Morgan fingerprint density at radius 2 is 1.30 bits per heavy atom. The van der Waals surface area contributed by atoms with Gasteiger partial charge in [0.25, 0.3) is 0 Å². The molecule has 1 fully saturated rings. The highest BCUT2D eigenvalue weighted by atomic mass is 32.2. The summed E-state index contributed by atoms with van der Waals surface area (Å²) in [5, 5.41) is -0.439. The van der Waals surface area contributed by atoms with Crippen LogP contribution in [0.5, 0.6) is 0 Å². The number of nitrogens with zero attached hydrogens (tertiary/aromatic N) is 1. The van der Waals surface area contributed by atoms with Crippen LogP contribution in [0.25, 0.3) is 0 Å². The first-order valence-electron chi connectivity index (χ1n) is 9.25. The first kappa shape index (κ1) is 18.0. The average molecular weight is 378 g/mol. The lowest BCUT2D eigenvalue weighted by Crippen LogP contribution is -2.29. The Labute approximate surface area is 161 Å². The van der Waals surface area contributed by atoms with E-state index >= 15 is 0 Å². The molecule has 2 atom stereocenters. The lowest BCUT2D eigenvalue weighted by molar-refractivity contribution is 0.327. The van der Waals surface area contributed by atoms with Gasteiger partial charge < -0.3 is 0 Å². The maximum absolute atomic E-state index is 13.4. The van der Waals surface area contributed by atoms with E-state index in [1.807, 2.05) is 54.6 Å². The molecule has 0 aromatic heterocycles. The molecule has 0 aliphatic carbocycles. The van der Waals surface area contributed by atoms with E-state index in [1.165, 1.54) is 5.56 Å². The van der Waals surface area contributed by atoms with Gasteiger partial charge in [-0.1, -0.05) is 78.9 Å². The SMILES string of the molecule is O=S(=O)(c1ccccc1)C1CN(Cc2ccccc2)CC1c1ccccc1. The monoisotopic (exact) mass is 377 g/mol. The Morgan fingerprint density at radius 3 is 1.93 bits per heavy atom. The second kappa shape index (κ2) is 7.67. The molecule has 1 aliphatic rings. The minimum atomic E-state index is -3.40. The van der Waals surface area contributed by atoms with Gasteiger partial charge in [-0.15, -0.1) is 0 Å². The molecular weight excluding hydrogens is 354 g/mol. The molecular formula is C23H23NO2S. The highest BCUT2D eigenvalue weighted by molar-refractivity contribution is 7.92. The number of likely N-dealkylation sites (tertiary alicyclic amines) is 1. The van der Waals surface area contributed by atoms with Crippen molar-refractivity contribution in [2.45, 2.75) is 22.6 Å². The van der Waals surface area contributed by atoms with Gasteiger partial charge in [0.05, 0.1) is 10.1 Å². The molecule has 0 radical (unpaired) electrons. The Balaban J connectivity index is 1.66. The lowest BCUT2D eigenvalue weighted by Gasteiger charge is -2.19. The summed E-state index contributed by atoms with van der Waals surface area (Å²) in [6, 6.07) is 29.1. The molecule has 3 nitrogen and oxygen atoms in total. The van der Waals surface area contributed by atoms with E-state index in [9.17, 15) is 8.42 Å². The highest BCUT2D eigenvalue weighted by Gasteiger charge is 2.42. The molecule has 2 unspecified atom stereocenters. The number of sulfone groups is 1. The van der Waals surface area contributed by atoms with Crippen LogP contribution in [0.3, 0.4) is 0 Å². The van der Waals surface area contributed by atoms with Crippen molar-refractivity contribution in [1.29, 1.82) is 0 Å². The van der Waals surface area contributed by atoms with E-state index in [4.69, 9.17) is 0 Å². The molecule has 1 saturated heterocycles. The van der Waals surface area contributed by atoms with Crippen LogP contribution in [0.4, 0.5) is 0 Å². The molecule has 4 heteroatoms. The van der Waals surface area contributed by atoms with E-state index in [1.54, 1.807) is 24.3 Å². The average Bonchev–Trinajstić information content (AvgIpc) is 3.15. The predicted molar refractivity (Wildman–Crippen MR) is 108 cm³/mol. The maximum Gasteiger partial charge on any atom is 0.183 e.